The smallest absolute Gasteiger partial charge is 0.389 e. The van der Waals surface area contributed by atoms with Crippen LogP contribution in [0, 0.1) is 0 Å². The van der Waals surface area contributed by atoms with Crippen molar-refractivity contribution in [1.82, 2.24) is 15.0 Å². The lowest BCUT2D eigenvalue weighted by molar-refractivity contribution is -0.138. The number of aliphatic hydroxyl groups is 1. The molecule has 1 unspecified atom stereocenters. The van der Waals surface area contributed by atoms with Crippen LogP contribution in [0.3, 0.4) is 0 Å². The fourth-order valence-corrected chi connectivity index (χ4v) is 2.84. The largest absolute Gasteiger partial charge is 0.408 e. The molecule has 1 aliphatic carbocycles. The van der Waals surface area contributed by atoms with Crippen molar-refractivity contribution >= 4 is 17.5 Å². The first-order valence-corrected chi connectivity index (χ1v) is 8.64. The van der Waals surface area contributed by atoms with E-state index in [-0.39, 0.29) is 23.8 Å². The predicted molar refractivity (Wildman–Crippen MR) is 89.6 cm³/mol. The Balaban J connectivity index is 1.88. The Morgan fingerprint density at radius 2 is 2.00 bits per heavy atom. The van der Waals surface area contributed by atoms with E-state index in [2.05, 4.69) is 25.6 Å². The minimum atomic E-state index is -4.42. The van der Waals surface area contributed by atoms with Crippen molar-refractivity contribution in [2.45, 2.75) is 57.0 Å². The number of ether oxygens (including phenoxy) is 1. The first kappa shape index (κ1) is 18.8. The van der Waals surface area contributed by atoms with Gasteiger partial charge in [-0.15, -0.1) is 0 Å². The zero-order valence-corrected chi connectivity index (χ0v) is 14.4. The summed E-state index contributed by atoms with van der Waals surface area (Å²) in [4.78, 5) is 12.5. The molecule has 7 nitrogen and oxygen atoms in total. The summed E-state index contributed by atoms with van der Waals surface area (Å²) in [6.07, 6.45) is -0.529. The summed E-state index contributed by atoms with van der Waals surface area (Å²) < 4.78 is 43.9. The highest BCUT2D eigenvalue weighted by atomic mass is 19.4. The van der Waals surface area contributed by atoms with E-state index in [1.165, 1.54) is 0 Å². The molecule has 1 fully saturated rings. The van der Waals surface area contributed by atoms with Gasteiger partial charge in [0.2, 0.25) is 11.9 Å². The number of rotatable bonds is 5. The number of anilines is 2. The Morgan fingerprint density at radius 1 is 1.23 bits per heavy atom. The second-order valence-corrected chi connectivity index (χ2v) is 6.57. The van der Waals surface area contributed by atoms with Gasteiger partial charge in [0.1, 0.15) is 6.04 Å². The topological polar surface area (TPSA) is 92.2 Å². The van der Waals surface area contributed by atoms with Gasteiger partial charge in [-0.25, -0.2) is 0 Å². The van der Waals surface area contributed by atoms with Gasteiger partial charge in [-0.2, -0.15) is 28.1 Å². The average molecular weight is 373 g/mol. The lowest BCUT2D eigenvalue weighted by Crippen LogP contribution is -2.34. The number of allylic oxidation sites excluding steroid dienone is 1. The van der Waals surface area contributed by atoms with E-state index in [1.54, 1.807) is 6.08 Å². The van der Waals surface area contributed by atoms with Crippen LogP contribution < -0.4 is 10.6 Å². The van der Waals surface area contributed by atoms with Crippen LogP contribution in [0.1, 0.15) is 38.4 Å². The number of aromatic nitrogens is 3. The fraction of sp³-hybridized carbons (Fsp3) is 0.688. The second-order valence-electron chi connectivity index (χ2n) is 6.57. The number of halogens is 3. The molecular formula is C16H22F3N5O2. The minimum absolute atomic E-state index is 0.00376. The molecule has 1 saturated heterocycles. The van der Waals surface area contributed by atoms with Gasteiger partial charge in [-0.05, 0) is 44.3 Å². The number of nitrogens with zero attached hydrogens (tertiary/aromatic N) is 3. The zero-order chi connectivity index (χ0) is 18.7. The molecule has 0 saturated carbocycles. The van der Waals surface area contributed by atoms with E-state index in [0.29, 0.717) is 31.6 Å². The van der Waals surface area contributed by atoms with Crippen molar-refractivity contribution in [1.29, 1.82) is 0 Å². The number of aliphatic hydroxyl groups excluding tert-OH is 1. The van der Waals surface area contributed by atoms with E-state index < -0.39 is 18.3 Å². The summed E-state index contributed by atoms with van der Waals surface area (Å²) in [6.45, 7) is 2.11. The van der Waals surface area contributed by atoms with Crippen LogP contribution >= 0.6 is 0 Å². The molecule has 0 aromatic carbocycles. The first-order chi connectivity index (χ1) is 12.3. The molecule has 1 aromatic rings. The van der Waals surface area contributed by atoms with E-state index >= 15 is 0 Å². The third kappa shape index (κ3) is 4.82. The van der Waals surface area contributed by atoms with Gasteiger partial charge < -0.3 is 20.5 Å². The number of hydrogen-bond acceptors (Lipinski definition) is 7. The molecule has 3 atom stereocenters. The maximum atomic E-state index is 12.9. The fourth-order valence-electron chi connectivity index (χ4n) is 2.84. The SMILES string of the molecule is C[C@@H](Nc1nc(N[C@@H]2CCOC2)nc(C2=CC(O)CCC2)n1)C(F)(F)F. The molecular weight excluding hydrogens is 351 g/mol. The van der Waals surface area contributed by atoms with Crippen molar-refractivity contribution in [2.24, 2.45) is 0 Å². The molecule has 0 radical (unpaired) electrons. The zero-order valence-electron chi connectivity index (χ0n) is 14.4. The Hall–Kier alpha value is -1.94. The number of hydrogen-bond donors (Lipinski definition) is 3. The summed E-state index contributed by atoms with van der Waals surface area (Å²) in [5.41, 5.74) is 0.708. The third-order valence-corrected chi connectivity index (χ3v) is 4.36. The van der Waals surface area contributed by atoms with Gasteiger partial charge in [0.15, 0.2) is 5.82 Å². The Morgan fingerprint density at radius 3 is 2.65 bits per heavy atom. The summed E-state index contributed by atoms with van der Waals surface area (Å²) in [6, 6.07) is -1.80. The maximum absolute atomic E-state index is 12.9. The second kappa shape index (κ2) is 7.75. The van der Waals surface area contributed by atoms with Crippen molar-refractivity contribution in [3.63, 3.8) is 0 Å². The quantitative estimate of drug-likeness (QED) is 0.730. The van der Waals surface area contributed by atoms with Gasteiger partial charge in [0.25, 0.3) is 0 Å². The average Bonchev–Trinajstić information content (AvgIpc) is 3.06. The van der Waals surface area contributed by atoms with Gasteiger partial charge in [0, 0.05) is 6.61 Å². The molecule has 1 aromatic heterocycles. The Bertz CT molecular complexity index is 662. The molecule has 2 aliphatic rings. The Kier molecular flexibility index (Phi) is 5.61. The van der Waals surface area contributed by atoms with Crippen molar-refractivity contribution in [3.8, 4) is 0 Å². The molecule has 0 spiro atoms. The first-order valence-electron chi connectivity index (χ1n) is 8.64. The molecule has 1 aliphatic heterocycles. The lowest BCUT2D eigenvalue weighted by Gasteiger charge is -2.20. The molecule has 144 valence electrons. The highest BCUT2D eigenvalue weighted by molar-refractivity contribution is 5.63. The maximum Gasteiger partial charge on any atom is 0.408 e. The summed E-state index contributed by atoms with van der Waals surface area (Å²) in [5, 5.41) is 15.2. The van der Waals surface area contributed by atoms with Gasteiger partial charge >= 0.3 is 6.18 Å². The van der Waals surface area contributed by atoms with Gasteiger partial charge in [-0.1, -0.05) is 0 Å². The van der Waals surface area contributed by atoms with E-state index in [9.17, 15) is 18.3 Å². The van der Waals surface area contributed by atoms with E-state index in [1.807, 2.05) is 0 Å². The standard InChI is InChI=1S/C16H22F3N5O2/c1-9(16(17,18)19)20-14-22-13(10-3-2-4-12(25)7-10)23-15(24-14)21-11-5-6-26-8-11/h7,9,11-12,25H,2-6,8H2,1H3,(H2,20,21,22,23,24)/t9-,11-,12?/m1/s1. The van der Waals surface area contributed by atoms with Crippen molar-refractivity contribution in [2.75, 3.05) is 23.8 Å². The molecule has 0 amide bonds. The normalized spacial score (nSPS) is 24.9. The van der Waals surface area contributed by atoms with Crippen LogP contribution in [-0.2, 0) is 4.74 Å². The van der Waals surface area contributed by atoms with Crippen molar-refractivity contribution < 1.29 is 23.0 Å². The molecule has 3 N–H and O–H groups in total. The van der Waals surface area contributed by atoms with Gasteiger partial charge in [-0.3, -0.25) is 0 Å². The monoisotopic (exact) mass is 373 g/mol. The summed E-state index contributed by atoms with van der Waals surface area (Å²) in [7, 11) is 0. The van der Waals surface area contributed by atoms with Gasteiger partial charge in [0.05, 0.1) is 18.8 Å². The van der Waals surface area contributed by atoms with Crippen LogP contribution in [0.2, 0.25) is 0 Å². The predicted octanol–water partition coefficient (Wildman–Crippen LogP) is 2.36. The summed E-state index contributed by atoms with van der Waals surface area (Å²) in [5.74, 6) is 0.322. The van der Waals surface area contributed by atoms with E-state index in [0.717, 1.165) is 19.8 Å². The summed E-state index contributed by atoms with van der Waals surface area (Å²) >= 11 is 0. The molecule has 3 rings (SSSR count). The van der Waals surface area contributed by atoms with Crippen LogP contribution in [0.15, 0.2) is 6.08 Å². The molecule has 10 heteroatoms. The number of alkyl halides is 3. The van der Waals surface area contributed by atoms with E-state index in [4.69, 9.17) is 4.74 Å². The Labute approximate surface area is 149 Å². The molecule has 26 heavy (non-hydrogen) atoms. The lowest BCUT2D eigenvalue weighted by atomic mass is 9.97. The molecule has 0 bridgehead atoms. The highest BCUT2D eigenvalue weighted by Crippen LogP contribution is 2.27. The van der Waals surface area contributed by atoms with Crippen LogP contribution in [0.25, 0.3) is 5.57 Å². The molecule has 2 heterocycles. The van der Waals surface area contributed by atoms with Crippen LogP contribution in [0.4, 0.5) is 25.1 Å². The highest BCUT2D eigenvalue weighted by Gasteiger charge is 2.36. The van der Waals surface area contributed by atoms with Crippen molar-refractivity contribution in [3.05, 3.63) is 11.9 Å². The van der Waals surface area contributed by atoms with Crippen LogP contribution in [0.5, 0.6) is 0 Å². The third-order valence-electron chi connectivity index (χ3n) is 4.36. The minimum Gasteiger partial charge on any atom is -0.389 e. The number of nitrogens with one attached hydrogen (secondary N) is 2. The van der Waals surface area contributed by atoms with Crippen LogP contribution in [-0.4, -0.2) is 57.6 Å².